The maximum absolute atomic E-state index is 11.7. The second-order valence-corrected chi connectivity index (χ2v) is 4.59. The topological polar surface area (TPSA) is 49.3 Å². The van der Waals surface area contributed by atoms with Gasteiger partial charge in [0.05, 0.1) is 5.02 Å². The van der Waals surface area contributed by atoms with Gasteiger partial charge in [0.2, 0.25) is 0 Å². The first kappa shape index (κ1) is 10.3. The number of phenolic OH excluding ortho intramolecular Hbond substituents is 1. The van der Waals surface area contributed by atoms with Crippen LogP contribution in [0.15, 0.2) is 18.2 Å². The number of hydrogen-bond acceptors (Lipinski definition) is 2. The summed E-state index contributed by atoms with van der Waals surface area (Å²) >= 11 is 5.71. The zero-order valence-corrected chi connectivity index (χ0v) is 9.14. The Morgan fingerprint density at radius 3 is 2.73 bits per heavy atom. The number of rotatable bonds is 2. The molecule has 0 aromatic heterocycles. The van der Waals surface area contributed by atoms with E-state index in [2.05, 4.69) is 5.32 Å². The quantitative estimate of drug-likeness (QED) is 0.812. The minimum Gasteiger partial charge on any atom is -0.506 e. The molecule has 1 aromatic carbocycles. The third-order valence-electron chi connectivity index (χ3n) is 2.63. The number of benzene rings is 1. The van der Waals surface area contributed by atoms with Crippen LogP contribution in [-0.4, -0.2) is 16.6 Å². The lowest BCUT2D eigenvalue weighted by Gasteiger charge is -2.11. The van der Waals surface area contributed by atoms with Crippen molar-refractivity contribution in [2.24, 2.45) is 0 Å². The predicted molar refractivity (Wildman–Crippen MR) is 58.2 cm³/mol. The molecule has 2 rings (SSSR count). The SMILES string of the molecule is CC1(NC(=O)c2ccc(O)c(Cl)c2)CC1. The fourth-order valence-corrected chi connectivity index (χ4v) is 1.49. The van der Waals surface area contributed by atoms with E-state index in [0.29, 0.717) is 5.56 Å². The Morgan fingerprint density at radius 2 is 2.20 bits per heavy atom. The summed E-state index contributed by atoms with van der Waals surface area (Å²) in [6.45, 7) is 2.01. The molecule has 0 atom stereocenters. The van der Waals surface area contributed by atoms with Crippen LogP contribution in [0.25, 0.3) is 0 Å². The Balaban J connectivity index is 2.15. The minimum absolute atomic E-state index is 0.00847. The van der Waals surface area contributed by atoms with Crippen LogP contribution in [0.1, 0.15) is 30.1 Å². The molecule has 80 valence electrons. The van der Waals surface area contributed by atoms with Crippen LogP contribution in [0.2, 0.25) is 5.02 Å². The molecule has 1 aliphatic rings. The first-order chi connectivity index (χ1) is 7.00. The van der Waals surface area contributed by atoms with E-state index in [0.717, 1.165) is 12.8 Å². The largest absolute Gasteiger partial charge is 0.506 e. The molecule has 0 aliphatic heterocycles. The number of carbonyl (C=O) groups excluding carboxylic acids is 1. The fourth-order valence-electron chi connectivity index (χ4n) is 1.31. The number of aromatic hydroxyl groups is 1. The highest BCUT2D eigenvalue weighted by atomic mass is 35.5. The molecule has 1 saturated carbocycles. The summed E-state index contributed by atoms with van der Waals surface area (Å²) in [5.41, 5.74) is 0.437. The highest BCUT2D eigenvalue weighted by Crippen LogP contribution is 2.34. The average Bonchev–Trinajstić information content (AvgIpc) is 2.88. The van der Waals surface area contributed by atoms with Crippen molar-refractivity contribution in [3.63, 3.8) is 0 Å². The van der Waals surface area contributed by atoms with Crippen molar-refractivity contribution in [3.8, 4) is 5.75 Å². The fraction of sp³-hybridized carbons (Fsp3) is 0.364. The van der Waals surface area contributed by atoms with E-state index in [1.807, 2.05) is 6.92 Å². The maximum Gasteiger partial charge on any atom is 0.251 e. The lowest BCUT2D eigenvalue weighted by atomic mass is 10.2. The Hall–Kier alpha value is -1.22. The van der Waals surface area contributed by atoms with Gasteiger partial charge in [0.15, 0.2) is 0 Å². The van der Waals surface area contributed by atoms with Gasteiger partial charge in [-0.15, -0.1) is 0 Å². The van der Waals surface area contributed by atoms with Crippen molar-refractivity contribution in [3.05, 3.63) is 28.8 Å². The molecule has 0 bridgehead atoms. The van der Waals surface area contributed by atoms with Crippen LogP contribution in [-0.2, 0) is 0 Å². The highest BCUT2D eigenvalue weighted by Gasteiger charge is 2.38. The van der Waals surface area contributed by atoms with Crippen molar-refractivity contribution < 1.29 is 9.90 Å². The molecule has 1 aromatic rings. The zero-order valence-electron chi connectivity index (χ0n) is 8.38. The van der Waals surface area contributed by atoms with E-state index in [-0.39, 0.29) is 22.2 Å². The van der Waals surface area contributed by atoms with E-state index < -0.39 is 0 Å². The van der Waals surface area contributed by atoms with Crippen LogP contribution < -0.4 is 5.32 Å². The molecule has 3 nitrogen and oxygen atoms in total. The van der Waals surface area contributed by atoms with Crippen LogP contribution in [0.4, 0.5) is 0 Å². The first-order valence-corrected chi connectivity index (χ1v) is 5.19. The van der Waals surface area contributed by atoms with Crippen LogP contribution in [0.3, 0.4) is 0 Å². The Labute approximate surface area is 93.1 Å². The van der Waals surface area contributed by atoms with Gasteiger partial charge in [0, 0.05) is 11.1 Å². The van der Waals surface area contributed by atoms with Gasteiger partial charge in [-0.2, -0.15) is 0 Å². The van der Waals surface area contributed by atoms with E-state index in [1.54, 1.807) is 6.07 Å². The number of amides is 1. The van der Waals surface area contributed by atoms with Crippen LogP contribution in [0.5, 0.6) is 5.75 Å². The van der Waals surface area contributed by atoms with Gasteiger partial charge in [-0.05, 0) is 38.0 Å². The molecular weight excluding hydrogens is 214 g/mol. The third kappa shape index (κ3) is 2.23. The summed E-state index contributed by atoms with van der Waals surface area (Å²) in [6.07, 6.45) is 2.04. The summed E-state index contributed by atoms with van der Waals surface area (Å²) < 4.78 is 0. The van der Waals surface area contributed by atoms with Crippen molar-refractivity contribution in [2.75, 3.05) is 0 Å². The summed E-state index contributed by atoms with van der Waals surface area (Å²) in [6, 6.07) is 4.45. The Bertz CT molecular complexity index is 413. The minimum atomic E-state index is -0.142. The monoisotopic (exact) mass is 225 g/mol. The molecule has 0 spiro atoms. The van der Waals surface area contributed by atoms with Crippen molar-refractivity contribution >= 4 is 17.5 Å². The van der Waals surface area contributed by atoms with Crippen LogP contribution in [0, 0.1) is 0 Å². The second-order valence-electron chi connectivity index (χ2n) is 4.18. The van der Waals surface area contributed by atoms with E-state index in [1.165, 1.54) is 12.1 Å². The maximum atomic E-state index is 11.7. The normalized spacial score (nSPS) is 17.2. The molecule has 1 fully saturated rings. The van der Waals surface area contributed by atoms with Gasteiger partial charge < -0.3 is 10.4 Å². The van der Waals surface area contributed by atoms with Crippen molar-refractivity contribution in [2.45, 2.75) is 25.3 Å². The van der Waals surface area contributed by atoms with E-state index in [9.17, 15) is 9.90 Å². The van der Waals surface area contributed by atoms with Gasteiger partial charge in [-0.3, -0.25) is 4.79 Å². The molecule has 0 heterocycles. The standard InChI is InChI=1S/C11H12ClNO2/c1-11(4-5-11)13-10(15)7-2-3-9(14)8(12)6-7/h2-3,6,14H,4-5H2,1H3,(H,13,15). The van der Waals surface area contributed by atoms with Crippen molar-refractivity contribution in [1.82, 2.24) is 5.32 Å². The van der Waals surface area contributed by atoms with Crippen LogP contribution >= 0.6 is 11.6 Å². The molecule has 4 heteroatoms. The van der Waals surface area contributed by atoms with Gasteiger partial charge in [0.25, 0.3) is 5.91 Å². The smallest absolute Gasteiger partial charge is 0.251 e. The predicted octanol–water partition coefficient (Wildman–Crippen LogP) is 2.33. The highest BCUT2D eigenvalue weighted by molar-refractivity contribution is 6.32. The van der Waals surface area contributed by atoms with E-state index >= 15 is 0 Å². The lowest BCUT2D eigenvalue weighted by Crippen LogP contribution is -2.34. The summed E-state index contributed by atoms with van der Waals surface area (Å²) in [7, 11) is 0. The number of phenols is 1. The Morgan fingerprint density at radius 1 is 1.53 bits per heavy atom. The van der Waals surface area contributed by atoms with Gasteiger partial charge in [-0.1, -0.05) is 11.6 Å². The summed E-state index contributed by atoms with van der Waals surface area (Å²) in [5.74, 6) is -0.150. The number of carbonyl (C=O) groups is 1. The molecule has 0 saturated heterocycles. The summed E-state index contributed by atoms with van der Waals surface area (Å²) in [5, 5.41) is 12.3. The summed E-state index contributed by atoms with van der Waals surface area (Å²) in [4.78, 5) is 11.7. The molecule has 0 unspecified atom stereocenters. The molecule has 0 radical (unpaired) electrons. The Kier molecular flexibility index (Phi) is 2.35. The molecular formula is C11H12ClNO2. The molecule has 2 N–H and O–H groups in total. The van der Waals surface area contributed by atoms with Gasteiger partial charge >= 0.3 is 0 Å². The average molecular weight is 226 g/mol. The van der Waals surface area contributed by atoms with E-state index in [4.69, 9.17) is 11.6 Å². The van der Waals surface area contributed by atoms with Crippen molar-refractivity contribution in [1.29, 1.82) is 0 Å². The molecule has 1 amide bonds. The zero-order chi connectivity index (χ0) is 11.1. The second kappa shape index (κ2) is 3.42. The number of hydrogen-bond donors (Lipinski definition) is 2. The van der Waals surface area contributed by atoms with Gasteiger partial charge in [0.1, 0.15) is 5.75 Å². The van der Waals surface area contributed by atoms with Gasteiger partial charge in [-0.25, -0.2) is 0 Å². The molecule has 1 aliphatic carbocycles. The third-order valence-corrected chi connectivity index (χ3v) is 2.93. The number of nitrogens with one attached hydrogen (secondary N) is 1. The first-order valence-electron chi connectivity index (χ1n) is 4.81. The number of halogens is 1. The molecule has 15 heavy (non-hydrogen) atoms. The lowest BCUT2D eigenvalue weighted by molar-refractivity contribution is 0.0935.